The number of carbonyl (C=O) groups is 1. The molecule has 0 aromatic carbocycles. The second kappa shape index (κ2) is 4.78. The van der Waals surface area contributed by atoms with E-state index in [9.17, 15) is 4.79 Å². The summed E-state index contributed by atoms with van der Waals surface area (Å²) in [7, 11) is 0. The lowest BCUT2D eigenvalue weighted by Gasteiger charge is -2.21. The van der Waals surface area contributed by atoms with E-state index in [1.54, 1.807) is 6.92 Å². The van der Waals surface area contributed by atoms with E-state index < -0.39 is 5.54 Å². The number of ether oxygens (including phenoxy) is 1. The van der Waals surface area contributed by atoms with Crippen LogP contribution >= 0.6 is 0 Å². The molecule has 1 aliphatic rings. The van der Waals surface area contributed by atoms with E-state index in [4.69, 9.17) is 10.5 Å². The highest BCUT2D eigenvalue weighted by Crippen LogP contribution is 2.32. The Labute approximate surface area is 86.0 Å². The first-order valence-corrected chi connectivity index (χ1v) is 5.52. The van der Waals surface area contributed by atoms with Gasteiger partial charge in [0, 0.05) is 0 Å². The average molecular weight is 199 g/mol. The molecule has 1 atom stereocenters. The zero-order valence-electron chi connectivity index (χ0n) is 9.21. The van der Waals surface area contributed by atoms with E-state index in [0.717, 1.165) is 18.8 Å². The Balaban J connectivity index is 2.17. The number of nitrogens with two attached hydrogens (primary N) is 1. The number of esters is 1. The van der Waals surface area contributed by atoms with Gasteiger partial charge in [0.25, 0.3) is 0 Å². The third kappa shape index (κ3) is 3.66. The van der Waals surface area contributed by atoms with Gasteiger partial charge in [0.05, 0.1) is 6.61 Å². The Morgan fingerprint density at radius 2 is 2.21 bits per heavy atom. The summed E-state index contributed by atoms with van der Waals surface area (Å²) >= 11 is 0. The molecule has 1 fully saturated rings. The average Bonchev–Trinajstić information content (AvgIpc) is 2.87. The van der Waals surface area contributed by atoms with Crippen LogP contribution in [0.5, 0.6) is 0 Å². The Bertz CT molecular complexity index is 197. The van der Waals surface area contributed by atoms with Gasteiger partial charge in [-0.1, -0.05) is 26.2 Å². The van der Waals surface area contributed by atoms with Crippen molar-refractivity contribution in [3.05, 3.63) is 0 Å². The number of hydrogen-bond donors (Lipinski definition) is 1. The molecule has 1 aliphatic carbocycles. The molecule has 82 valence electrons. The first-order chi connectivity index (χ1) is 6.56. The van der Waals surface area contributed by atoms with Gasteiger partial charge < -0.3 is 10.5 Å². The topological polar surface area (TPSA) is 52.3 Å². The summed E-state index contributed by atoms with van der Waals surface area (Å²) in [6, 6.07) is 0. The fraction of sp³-hybridized carbons (Fsp3) is 0.909. The molecule has 0 amide bonds. The van der Waals surface area contributed by atoms with Crippen molar-refractivity contribution < 1.29 is 9.53 Å². The van der Waals surface area contributed by atoms with Gasteiger partial charge >= 0.3 is 5.97 Å². The number of rotatable bonds is 6. The number of carbonyl (C=O) groups excluding carboxylic acids is 1. The molecule has 2 N–H and O–H groups in total. The fourth-order valence-corrected chi connectivity index (χ4v) is 1.51. The molecule has 0 bridgehead atoms. The van der Waals surface area contributed by atoms with E-state index in [1.807, 2.05) is 6.92 Å². The third-order valence-electron chi connectivity index (χ3n) is 2.69. The predicted molar refractivity (Wildman–Crippen MR) is 55.8 cm³/mol. The quantitative estimate of drug-likeness (QED) is 0.664. The lowest BCUT2D eigenvalue weighted by molar-refractivity contribution is -0.150. The van der Waals surface area contributed by atoms with Crippen LogP contribution in [-0.4, -0.2) is 18.1 Å². The van der Waals surface area contributed by atoms with E-state index >= 15 is 0 Å². The van der Waals surface area contributed by atoms with Crippen LogP contribution in [-0.2, 0) is 9.53 Å². The molecule has 0 aromatic heterocycles. The molecule has 0 aliphatic heterocycles. The van der Waals surface area contributed by atoms with Crippen molar-refractivity contribution >= 4 is 5.97 Å². The summed E-state index contributed by atoms with van der Waals surface area (Å²) in [5, 5.41) is 0. The monoisotopic (exact) mass is 199 g/mol. The van der Waals surface area contributed by atoms with Crippen molar-refractivity contribution in [3.63, 3.8) is 0 Å². The van der Waals surface area contributed by atoms with E-state index in [1.165, 1.54) is 12.8 Å². The summed E-state index contributed by atoms with van der Waals surface area (Å²) in [6.45, 7) is 4.30. The maximum atomic E-state index is 11.5. The van der Waals surface area contributed by atoms with Gasteiger partial charge in [-0.25, -0.2) is 0 Å². The predicted octanol–water partition coefficient (Wildman–Crippen LogP) is 1.85. The minimum absolute atomic E-state index is 0.250. The second-order valence-corrected chi connectivity index (χ2v) is 4.54. The van der Waals surface area contributed by atoms with Crippen LogP contribution in [0.4, 0.5) is 0 Å². The minimum Gasteiger partial charge on any atom is -0.464 e. The largest absolute Gasteiger partial charge is 0.464 e. The van der Waals surface area contributed by atoms with Crippen LogP contribution in [0, 0.1) is 5.92 Å². The van der Waals surface area contributed by atoms with Gasteiger partial charge in [-0.05, 0) is 25.7 Å². The molecule has 1 rings (SSSR count). The molecule has 3 heteroatoms. The van der Waals surface area contributed by atoms with Crippen molar-refractivity contribution in [1.29, 1.82) is 0 Å². The highest BCUT2D eigenvalue weighted by molar-refractivity contribution is 5.79. The lowest BCUT2D eigenvalue weighted by atomic mass is 9.98. The molecule has 0 saturated heterocycles. The van der Waals surface area contributed by atoms with Crippen molar-refractivity contribution in [2.45, 2.75) is 51.5 Å². The van der Waals surface area contributed by atoms with Gasteiger partial charge in [0.2, 0.25) is 0 Å². The second-order valence-electron chi connectivity index (χ2n) is 4.54. The Hall–Kier alpha value is -0.570. The lowest BCUT2D eigenvalue weighted by Crippen LogP contribution is -2.46. The Kier molecular flexibility index (Phi) is 3.93. The van der Waals surface area contributed by atoms with Gasteiger partial charge in [-0.15, -0.1) is 0 Å². The molecule has 1 saturated carbocycles. The molecule has 3 nitrogen and oxygen atoms in total. The molecule has 14 heavy (non-hydrogen) atoms. The van der Waals surface area contributed by atoms with Crippen LogP contribution in [0.25, 0.3) is 0 Å². The van der Waals surface area contributed by atoms with E-state index in [0.29, 0.717) is 13.0 Å². The Morgan fingerprint density at radius 1 is 1.57 bits per heavy atom. The summed E-state index contributed by atoms with van der Waals surface area (Å²) in [5.41, 5.74) is 5.04. The van der Waals surface area contributed by atoms with Crippen molar-refractivity contribution in [3.8, 4) is 0 Å². The highest BCUT2D eigenvalue weighted by Gasteiger charge is 2.29. The minimum atomic E-state index is -0.793. The van der Waals surface area contributed by atoms with Crippen molar-refractivity contribution in [1.82, 2.24) is 0 Å². The zero-order valence-corrected chi connectivity index (χ0v) is 9.21. The number of hydrogen-bond acceptors (Lipinski definition) is 3. The molecular formula is C11H21NO2. The van der Waals surface area contributed by atoms with Gasteiger partial charge in [-0.2, -0.15) is 0 Å². The van der Waals surface area contributed by atoms with Crippen LogP contribution < -0.4 is 5.73 Å². The fourth-order valence-electron chi connectivity index (χ4n) is 1.51. The summed E-state index contributed by atoms with van der Waals surface area (Å²) in [5.74, 6) is 0.554. The van der Waals surface area contributed by atoms with Gasteiger partial charge in [0.1, 0.15) is 5.54 Å². The molecule has 0 aromatic rings. The van der Waals surface area contributed by atoms with Crippen molar-refractivity contribution in [2.24, 2.45) is 11.7 Å². The van der Waals surface area contributed by atoms with Gasteiger partial charge in [-0.3, -0.25) is 4.79 Å². The molecule has 1 unspecified atom stereocenters. The van der Waals surface area contributed by atoms with Crippen LogP contribution in [0.3, 0.4) is 0 Å². The maximum Gasteiger partial charge on any atom is 0.325 e. The molecule has 0 heterocycles. The summed E-state index contributed by atoms with van der Waals surface area (Å²) < 4.78 is 5.15. The normalized spacial score (nSPS) is 20.2. The molecule has 0 radical (unpaired) electrons. The van der Waals surface area contributed by atoms with E-state index in [2.05, 4.69) is 0 Å². The maximum absolute atomic E-state index is 11.5. The molecular weight excluding hydrogens is 178 g/mol. The Morgan fingerprint density at radius 3 is 2.71 bits per heavy atom. The standard InChI is InChI=1S/C11H21NO2/c1-3-7-11(2,12)10(13)14-8-6-9-4-5-9/h9H,3-8,12H2,1-2H3. The summed E-state index contributed by atoms with van der Waals surface area (Å²) in [6.07, 6.45) is 5.20. The van der Waals surface area contributed by atoms with Crippen LogP contribution in [0.2, 0.25) is 0 Å². The summed E-state index contributed by atoms with van der Waals surface area (Å²) in [4.78, 5) is 11.5. The van der Waals surface area contributed by atoms with Gasteiger partial charge in [0.15, 0.2) is 0 Å². The third-order valence-corrected chi connectivity index (χ3v) is 2.69. The highest BCUT2D eigenvalue weighted by atomic mass is 16.5. The zero-order chi connectivity index (χ0) is 10.6. The SMILES string of the molecule is CCCC(C)(N)C(=O)OCCC1CC1. The van der Waals surface area contributed by atoms with E-state index in [-0.39, 0.29) is 5.97 Å². The first kappa shape index (κ1) is 11.5. The smallest absolute Gasteiger partial charge is 0.325 e. The van der Waals surface area contributed by atoms with Crippen molar-refractivity contribution in [2.75, 3.05) is 6.61 Å². The first-order valence-electron chi connectivity index (χ1n) is 5.52. The van der Waals surface area contributed by atoms with Crippen LogP contribution in [0.15, 0.2) is 0 Å². The molecule has 0 spiro atoms. The van der Waals surface area contributed by atoms with Crippen LogP contribution in [0.1, 0.15) is 46.0 Å².